The molecule has 0 fully saturated rings. The van der Waals surface area contributed by atoms with Crippen LogP contribution in [0.5, 0.6) is 5.88 Å². The van der Waals surface area contributed by atoms with Crippen LogP contribution < -0.4 is 15.4 Å². The summed E-state index contributed by atoms with van der Waals surface area (Å²) < 4.78 is 73.5. The first kappa shape index (κ1) is 25.9. The standard InChI is InChI=1S/C23H18F5N3O3S/c1-12-10-14(30-22(33)31-20(32)18-16(24)4-3-5-17(18)25)11-29-21(12)34-19(23(26,27)28)13-6-8-15(35-2)9-7-13/h3-11,19H,1-2H3,(H2,30,31,32,33). The number of imide groups is 1. The van der Waals surface area contributed by atoms with Gasteiger partial charge in [-0.1, -0.05) is 18.2 Å². The minimum absolute atomic E-state index is 0.00189. The highest BCUT2D eigenvalue weighted by atomic mass is 32.2. The van der Waals surface area contributed by atoms with Gasteiger partial charge in [0, 0.05) is 16.0 Å². The lowest BCUT2D eigenvalue weighted by Gasteiger charge is -2.22. The van der Waals surface area contributed by atoms with E-state index in [4.69, 9.17) is 4.74 Å². The number of urea groups is 1. The number of thioether (sulfide) groups is 1. The molecule has 6 nitrogen and oxygen atoms in total. The Morgan fingerprint density at radius 1 is 1.06 bits per heavy atom. The van der Waals surface area contributed by atoms with Gasteiger partial charge in [0.15, 0.2) is 0 Å². The summed E-state index contributed by atoms with van der Waals surface area (Å²) in [6.07, 6.45) is -4.20. The quantitative estimate of drug-likeness (QED) is 0.312. The molecule has 0 aliphatic carbocycles. The Bertz CT molecular complexity index is 1220. The van der Waals surface area contributed by atoms with Gasteiger partial charge in [0.2, 0.25) is 12.0 Å². The number of carbonyl (C=O) groups excluding carboxylic acids is 2. The van der Waals surface area contributed by atoms with Gasteiger partial charge >= 0.3 is 12.2 Å². The van der Waals surface area contributed by atoms with Crippen LogP contribution >= 0.6 is 11.8 Å². The number of nitrogens with one attached hydrogen (secondary N) is 2. The highest BCUT2D eigenvalue weighted by Crippen LogP contribution is 2.37. The van der Waals surface area contributed by atoms with Crippen LogP contribution in [0.3, 0.4) is 0 Å². The number of halogens is 5. The normalized spacial score (nSPS) is 12.1. The van der Waals surface area contributed by atoms with E-state index in [9.17, 15) is 31.5 Å². The first-order valence-corrected chi connectivity index (χ1v) is 11.1. The summed E-state index contributed by atoms with van der Waals surface area (Å²) in [6, 6.07) is 8.62. The summed E-state index contributed by atoms with van der Waals surface area (Å²) in [7, 11) is 0. The second kappa shape index (κ2) is 10.7. The number of anilines is 1. The fourth-order valence-corrected chi connectivity index (χ4v) is 3.42. The van der Waals surface area contributed by atoms with Crippen LogP contribution in [-0.2, 0) is 0 Å². The number of hydrogen-bond acceptors (Lipinski definition) is 5. The third-order valence-corrected chi connectivity index (χ3v) is 5.39. The van der Waals surface area contributed by atoms with Crippen molar-refractivity contribution in [2.75, 3.05) is 11.6 Å². The minimum Gasteiger partial charge on any atom is -0.460 e. The summed E-state index contributed by atoms with van der Waals surface area (Å²) in [4.78, 5) is 28.7. The first-order chi connectivity index (χ1) is 16.5. The molecule has 0 spiro atoms. The number of aryl methyl sites for hydroxylation is 1. The Hall–Kier alpha value is -3.67. The number of benzene rings is 2. The zero-order valence-electron chi connectivity index (χ0n) is 18.2. The zero-order valence-corrected chi connectivity index (χ0v) is 19.1. The summed E-state index contributed by atoms with van der Waals surface area (Å²) in [6.45, 7) is 1.41. The molecule has 12 heteroatoms. The molecule has 3 rings (SSSR count). The van der Waals surface area contributed by atoms with Crippen molar-refractivity contribution in [2.45, 2.75) is 24.1 Å². The Labute approximate surface area is 200 Å². The van der Waals surface area contributed by atoms with Crippen molar-refractivity contribution >= 4 is 29.4 Å². The minimum atomic E-state index is -4.73. The molecule has 3 amide bonds. The number of alkyl halides is 3. The number of pyridine rings is 1. The van der Waals surface area contributed by atoms with E-state index in [-0.39, 0.29) is 22.7 Å². The highest BCUT2D eigenvalue weighted by molar-refractivity contribution is 7.98. The Kier molecular flexibility index (Phi) is 7.95. The third kappa shape index (κ3) is 6.47. The maximum absolute atomic E-state index is 13.7. The molecule has 1 aromatic heterocycles. The summed E-state index contributed by atoms with van der Waals surface area (Å²) in [5.74, 6) is -3.95. The lowest BCUT2D eigenvalue weighted by molar-refractivity contribution is -0.198. The highest BCUT2D eigenvalue weighted by Gasteiger charge is 2.43. The molecule has 0 aliphatic heterocycles. The van der Waals surface area contributed by atoms with E-state index in [2.05, 4.69) is 10.3 Å². The van der Waals surface area contributed by atoms with E-state index in [1.807, 2.05) is 0 Å². The Morgan fingerprint density at radius 2 is 1.69 bits per heavy atom. The monoisotopic (exact) mass is 511 g/mol. The molecular formula is C23H18F5N3O3S. The largest absolute Gasteiger partial charge is 0.460 e. The Morgan fingerprint density at radius 3 is 2.23 bits per heavy atom. The fourth-order valence-electron chi connectivity index (χ4n) is 3.01. The van der Waals surface area contributed by atoms with Crippen molar-refractivity contribution in [3.05, 3.63) is 83.1 Å². The molecule has 0 bridgehead atoms. The van der Waals surface area contributed by atoms with Crippen molar-refractivity contribution < 1.29 is 36.3 Å². The average molecular weight is 511 g/mol. The van der Waals surface area contributed by atoms with Crippen LogP contribution in [0.25, 0.3) is 0 Å². The summed E-state index contributed by atoms with van der Waals surface area (Å²) in [5, 5.41) is 3.98. The van der Waals surface area contributed by atoms with E-state index in [0.29, 0.717) is 0 Å². The van der Waals surface area contributed by atoms with Crippen molar-refractivity contribution in [2.24, 2.45) is 0 Å². The molecule has 1 atom stereocenters. The average Bonchev–Trinajstić information content (AvgIpc) is 2.77. The lowest BCUT2D eigenvalue weighted by atomic mass is 10.1. The van der Waals surface area contributed by atoms with Gasteiger partial charge < -0.3 is 10.1 Å². The van der Waals surface area contributed by atoms with Crippen molar-refractivity contribution in [3.63, 3.8) is 0 Å². The second-order valence-electron chi connectivity index (χ2n) is 7.16. The van der Waals surface area contributed by atoms with Crippen LogP contribution in [0, 0.1) is 18.6 Å². The number of amides is 3. The van der Waals surface area contributed by atoms with Crippen LogP contribution in [0.1, 0.15) is 27.6 Å². The van der Waals surface area contributed by atoms with Crippen LogP contribution in [0.2, 0.25) is 0 Å². The smallest absolute Gasteiger partial charge is 0.429 e. The molecule has 0 aliphatic rings. The van der Waals surface area contributed by atoms with Crippen molar-refractivity contribution in [1.29, 1.82) is 0 Å². The molecular weight excluding hydrogens is 493 g/mol. The molecule has 184 valence electrons. The van der Waals surface area contributed by atoms with E-state index >= 15 is 0 Å². The maximum Gasteiger partial charge on any atom is 0.429 e. The molecule has 0 radical (unpaired) electrons. The van der Waals surface area contributed by atoms with Crippen LogP contribution in [-0.4, -0.2) is 29.4 Å². The second-order valence-corrected chi connectivity index (χ2v) is 8.04. The number of ether oxygens (including phenoxy) is 1. The van der Waals surface area contributed by atoms with Gasteiger partial charge in [-0.05, 0) is 43.5 Å². The van der Waals surface area contributed by atoms with Gasteiger partial charge in [-0.2, -0.15) is 13.2 Å². The topological polar surface area (TPSA) is 80.3 Å². The number of nitrogens with zero attached hydrogens (tertiary/aromatic N) is 1. The van der Waals surface area contributed by atoms with Gasteiger partial charge in [-0.3, -0.25) is 10.1 Å². The zero-order chi connectivity index (χ0) is 25.8. The van der Waals surface area contributed by atoms with E-state index < -0.39 is 41.4 Å². The third-order valence-electron chi connectivity index (χ3n) is 4.65. The Balaban J connectivity index is 1.72. The van der Waals surface area contributed by atoms with Gasteiger partial charge in [-0.25, -0.2) is 18.6 Å². The first-order valence-electron chi connectivity index (χ1n) is 9.90. The lowest BCUT2D eigenvalue weighted by Crippen LogP contribution is -2.35. The molecule has 3 aromatic rings. The van der Waals surface area contributed by atoms with Gasteiger partial charge in [0.05, 0.1) is 11.9 Å². The molecule has 2 N–H and O–H groups in total. The van der Waals surface area contributed by atoms with Gasteiger partial charge in [-0.15, -0.1) is 11.8 Å². The number of hydrogen-bond donors (Lipinski definition) is 2. The van der Waals surface area contributed by atoms with Crippen LogP contribution in [0.15, 0.2) is 59.6 Å². The number of rotatable bonds is 6. The molecule has 0 saturated heterocycles. The summed E-state index contributed by atoms with van der Waals surface area (Å²) in [5.41, 5.74) is -0.896. The predicted molar refractivity (Wildman–Crippen MR) is 119 cm³/mol. The predicted octanol–water partition coefficient (Wildman–Crippen LogP) is 6.03. The van der Waals surface area contributed by atoms with E-state index in [1.165, 1.54) is 36.9 Å². The molecule has 1 unspecified atom stereocenters. The molecule has 1 heterocycles. The van der Waals surface area contributed by atoms with Crippen molar-refractivity contribution in [1.82, 2.24) is 10.3 Å². The summed E-state index contributed by atoms with van der Waals surface area (Å²) >= 11 is 1.38. The molecule has 2 aromatic carbocycles. The maximum atomic E-state index is 13.7. The molecule has 35 heavy (non-hydrogen) atoms. The fraction of sp³-hybridized carbons (Fsp3) is 0.174. The van der Waals surface area contributed by atoms with Gasteiger partial charge in [0.25, 0.3) is 5.91 Å². The van der Waals surface area contributed by atoms with Crippen LogP contribution in [0.4, 0.5) is 32.4 Å². The van der Waals surface area contributed by atoms with Gasteiger partial charge in [0.1, 0.15) is 17.2 Å². The van der Waals surface area contributed by atoms with E-state index in [0.717, 1.165) is 29.3 Å². The molecule has 0 saturated carbocycles. The number of carbonyl (C=O) groups is 2. The number of aromatic nitrogens is 1. The van der Waals surface area contributed by atoms with Crippen molar-refractivity contribution in [3.8, 4) is 5.88 Å². The van der Waals surface area contributed by atoms with E-state index in [1.54, 1.807) is 23.7 Å². The SMILES string of the molecule is CSc1ccc(C(Oc2ncc(NC(=O)NC(=O)c3c(F)cccc3F)cc2C)C(F)(F)F)cc1.